The van der Waals surface area contributed by atoms with Crippen LogP contribution in [0.1, 0.15) is 31.7 Å². The lowest BCUT2D eigenvalue weighted by molar-refractivity contribution is -0.134. The second-order valence-electron chi connectivity index (χ2n) is 7.53. The van der Waals surface area contributed by atoms with Crippen molar-refractivity contribution in [2.45, 2.75) is 44.9 Å². The van der Waals surface area contributed by atoms with Gasteiger partial charge in [0.15, 0.2) is 9.84 Å². The maximum Gasteiger partial charge on any atom is 0.237 e. The summed E-state index contributed by atoms with van der Waals surface area (Å²) >= 11 is 0. The van der Waals surface area contributed by atoms with Crippen molar-refractivity contribution in [3.63, 3.8) is 0 Å². The van der Waals surface area contributed by atoms with Gasteiger partial charge in [0.1, 0.15) is 0 Å². The maximum absolute atomic E-state index is 13.0. The van der Waals surface area contributed by atoms with Crippen LogP contribution in [-0.2, 0) is 25.9 Å². The minimum absolute atomic E-state index is 0.00790. The molecule has 3 rings (SSSR count). The Bertz CT molecular complexity index is 717. The lowest BCUT2D eigenvalue weighted by atomic mass is 10.1. The van der Waals surface area contributed by atoms with E-state index in [2.05, 4.69) is 17.0 Å². The maximum atomic E-state index is 13.0. The summed E-state index contributed by atoms with van der Waals surface area (Å²) in [6.45, 7) is 4.95. The standard InChI is InChI=1S/C20H30N2O4S/c1-2-22(18-10-12-27(24,25)16-18)20(23)15-21(14-19-9-6-11-26-19)13-17-7-4-3-5-8-17/h3-5,7-8,18-19H,2,6,9-16H2,1H3. The number of sulfone groups is 1. The quantitative estimate of drug-likeness (QED) is 0.671. The highest BCUT2D eigenvalue weighted by atomic mass is 32.2. The highest BCUT2D eigenvalue weighted by Gasteiger charge is 2.34. The topological polar surface area (TPSA) is 66.9 Å². The number of carbonyl (C=O) groups is 1. The molecule has 0 radical (unpaired) electrons. The van der Waals surface area contributed by atoms with Gasteiger partial charge in [-0.1, -0.05) is 30.3 Å². The normalized spacial score (nSPS) is 24.4. The van der Waals surface area contributed by atoms with Crippen molar-refractivity contribution in [3.8, 4) is 0 Å². The second kappa shape index (κ2) is 9.17. The van der Waals surface area contributed by atoms with Crippen molar-refractivity contribution < 1.29 is 17.9 Å². The van der Waals surface area contributed by atoms with Gasteiger partial charge in [0.05, 0.1) is 24.2 Å². The molecule has 2 aliphatic heterocycles. The summed E-state index contributed by atoms with van der Waals surface area (Å²) in [6.07, 6.45) is 2.81. The lowest BCUT2D eigenvalue weighted by Crippen LogP contribution is -2.47. The van der Waals surface area contributed by atoms with Crippen LogP contribution >= 0.6 is 0 Å². The summed E-state index contributed by atoms with van der Waals surface area (Å²) in [5, 5.41) is 0. The van der Waals surface area contributed by atoms with Gasteiger partial charge < -0.3 is 9.64 Å². The van der Waals surface area contributed by atoms with Crippen molar-refractivity contribution >= 4 is 15.7 Å². The average Bonchev–Trinajstić information content (AvgIpc) is 3.26. The number of likely N-dealkylation sites (N-methyl/N-ethyl adjacent to an activating group) is 1. The van der Waals surface area contributed by atoms with Gasteiger partial charge in [0.25, 0.3) is 0 Å². The molecule has 2 aliphatic rings. The number of carbonyl (C=O) groups excluding carboxylic acids is 1. The number of nitrogens with zero attached hydrogens (tertiary/aromatic N) is 2. The summed E-state index contributed by atoms with van der Waals surface area (Å²) in [5.74, 6) is 0.288. The summed E-state index contributed by atoms with van der Waals surface area (Å²) < 4.78 is 29.4. The van der Waals surface area contributed by atoms with E-state index < -0.39 is 9.84 Å². The SMILES string of the molecule is CCN(C(=O)CN(Cc1ccccc1)CC1CCCO1)C1CCS(=O)(=O)C1. The van der Waals surface area contributed by atoms with Crippen molar-refractivity contribution in [1.29, 1.82) is 0 Å². The van der Waals surface area contributed by atoms with Crippen LogP contribution in [0, 0.1) is 0 Å². The molecule has 27 heavy (non-hydrogen) atoms. The van der Waals surface area contributed by atoms with Crippen LogP contribution in [0.5, 0.6) is 0 Å². The fraction of sp³-hybridized carbons (Fsp3) is 0.650. The molecule has 0 aliphatic carbocycles. The molecule has 2 atom stereocenters. The predicted octanol–water partition coefficient (Wildman–Crippen LogP) is 1.70. The first-order valence-electron chi connectivity index (χ1n) is 9.84. The van der Waals surface area contributed by atoms with E-state index in [0.717, 1.165) is 31.6 Å². The Balaban J connectivity index is 1.66. The van der Waals surface area contributed by atoms with Crippen LogP contribution in [0.3, 0.4) is 0 Å². The first kappa shape index (κ1) is 20.3. The molecular formula is C20H30N2O4S. The van der Waals surface area contributed by atoms with Crippen LogP contribution in [0.4, 0.5) is 0 Å². The zero-order valence-corrected chi connectivity index (χ0v) is 16.9. The summed E-state index contributed by atoms with van der Waals surface area (Å²) in [7, 11) is -3.01. The molecule has 0 aromatic heterocycles. The molecule has 2 unspecified atom stereocenters. The van der Waals surface area contributed by atoms with E-state index in [1.165, 1.54) is 0 Å². The molecular weight excluding hydrogens is 364 g/mol. The van der Waals surface area contributed by atoms with Crippen molar-refractivity contribution in [2.24, 2.45) is 0 Å². The van der Waals surface area contributed by atoms with Gasteiger partial charge >= 0.3 is 0 Å². The van der Waals surface area contributed by atoms with Gasteiger partial charge in [-0.05, 0) is 31.7 Å². The molecule has 150 valence electrons. The Labute approximate surface area is 162 Å². The minimum Gasteiger partial charge on any atom is -0.377 e. The van der Waals surface area contributed by atoms with E-state index in [1.807, 2.05) is 25.1 Å². The highest BCUT2D eigenvalue weighted by Crippen LogP contribution is 2.19. The molecule has 2 heterocycles. The predicted molar refractivity (Wildman–Crippen MR) is 105 cm³/mol. The molecule has 7 heteroatoms. The van der Waals surface area contributed by atoms with Gasteiger partial charge in [0.2, 0.25) is 5.91 Å². The molecule has 0 bridgehead atoms. The average molecular weight is 395 g/mol. The third-order valence-electron chi connectivity index (χ3n) is 5.40. The largest absolute Gasteiger partial charge is 0.377 e. The molecule has 6 nitrogen and oxygen atoms in total. The van der Waals surface area contributed by atoms with E-state index in [9.17, 15) is 13.2 Å². The Hall–Kier alpha value is -1.44. The number of benzene rings is 1. The van der Waals surface area contributed by atoms with E-state index in [-0.39, 0.29) is 29.6 Å². The van der Waals surface area contributed by atoms with Gasteiger partial charge in [0, 0.05) is 32.3 Å². The fourth-order valence-corrected chi connectivity index (χ4v) is 5.78. The highest BCUT2D eigenvalue weighted by molar-refractivity contribution is 7.91. The van der Waals surface area contributed by atoms with Crippen LogP contribution in [0.25, 0.3) is 0 Å². The van der Waals surface area contributed by atoms with Crippen LogP contribution < -0.4 is 0 Å². The van der Waals surface area contributed by atoms with Crippen molar-refractivity contribution in [3.05, 3.63) is 35.9 Å². The van der Waals surface area contributed by atoms with Crippen LogP contribution in [0.15, 0.2) is 30.3 Å². The van der Waals surface area contributed by atoms with Crippen LogP contribution in [0.2, 0.25) is 0 Å². The first-order valence-corrected chi connectivity index (χ1v) is 11.7. The van der Waals surface area contributed by atoms with E-state index in [1.54, 1.807) is 4.90 Å². The zero-order valence-electron chi connectivity index (χ0n) is 16.0. The number of ether oxygens (including phenoxy) is 1. The number of hydrogen-bond donors (Lipinski definition) is 0. The van der Waals surface area contributed by atoms with E-state index in [4.69, 9.17) is 4.74 Å². The van der Waals surface area contributed by atoms with Gasteiger partial charge in [-0.15, -0.1) is 0 Å². The van der Waals surface area contributed by atoms with Crippen LogP contribution in [-0.4, -0.2) is 74.0 Å². The summed E-state index contributed by atoms with van der Waals surface area (Å²) in [6, 6.07) is 9.93. The molecule has 0 spiro atoms. The smallest absolute Gasteiger partial charge is 0.237 e. The molecule has 1 aromatic carbocycles. The third-order valence-corrected chi connectivity index (χ3v) is 7.15. The fourth-order valence-electron chi connectivity index (χ4n) is 4.04. The van der Waals surface area contributed by atoms with Gasteiger partial charge in [-0.25, -0.2) is 8.42 Å². The van der Waals surface area contributed by atoms with Crippen molar-refractivity contribution in [2.75, 3.05) is 37.7 Å². The number of amides is 1. The van der Waals surface area contributed by atoms with Crippen molar-refractivity contribution in [1.82, 2.24) is 9.80 Å². The molecule has 1 aromatic rings. The minimum atomic E-state index is -3.01. The monoisotopic (exact) mass is 394 g/mol. The molecule has 1 amide bonds. The van der Waals surface area contributed by atoms with E-state index in [0.29, 0.717) is 26.1 Å². The lowest BCUT2D eigenvalue weighted by Gasteiger charge is -2.31. The Kier molecular flexibility index (Phi) is 6.89. The van der Waals surface area contributed by atoms with Gasteiger partial charge in [-0.3, -0.25) is 9.69 Å². The number of rotatable bonds is 8. The summed E-state index contributed by atoms with van der Waals surface area (Å²) in [4.78, 5) is 16.9. The first-order chi connectivity index (χ1) is 13.0. The molecule has 2 saturated heterocycles. The Morgan fingerprint density at radius 1 is 1.22 bits per heavy atom. The number of hydrogen-bond acceptors (Lipinski definition) is 5. The Morgan fingerprint density at radius 2 is 2.00 bits per heavy atom. The van der Waals surface area contributed by atoms with Gasteiger partial charge in [-0.2, -0.15) is 0 Å². The third kappa shape index (κ3) is 5.77. The summed E-state index contributed by atoms with van der Waals surface area (Å²) in [5.41, 5.74) is 1.16. The Morgan fingerprint density at radius 3 is 2.59 bits per heavy atom. The second-order valence-corrected chi connectivity index (χ2v) is 9.76. The zero-order chi connectivity index (χ0) is 19.3. The molecule has 0 saturated carbocycles. The molecule has 0 N–H and O–H groups in total. The van der Waals surface area contributed by atoms with E-state index >= 15 is 0 Å². The molecule has 2 fully saturated rings.